The average Bonchev–Trinajstić information content (AvgIpc) is 3.16. The lowest BCUT2D eigenvalue weighted by atomic mass is 9.51. The zero-order valence-electron chi connectivity index (χ0n) is 34.5. The largest absolute Gasteiger partial charge is 0.493 e. The number of guanidine groups is 2. The minimum atomic E-state index is -0.666. The number of hydrogen-bond acceptors (Lipinski definition) is 8. The van der Waals surface area contributed by atoms with Gasteiger partial charge in [0.2, 0.25) is 11.8 Å². The lowest BCUT2D eigenvalue weighted by Crippen LogP contribution is -2.57. The van der Waals surface area contributed by atoms with Crippen molar-refractivity contribution in [3.63, 3.8) is 0 Å². The van der Waals surface area contributed by atoms with Gasteiger partial charge in [0.05, 0.1) is 53.4 Å². The third-order valence-electron chi connectivity index (χ3n) is 9.68. The molecule has 2 amide bonds. The summed E-state index contributed by atoms with van der Waals surface area (Å²) in [4.78, 5) is 37.0. The van der Waals surface area contributed by atoms with Gasteiger partial charge in [0, 0.05) is 38.0 Å². The molecule has 308 valence electrons. The van der Waals surface area contributed by atoms with Crippen molar-refractivity contribution in [1.29, 1.82) is 0 Å². The van der Waals surface area contributed by atoms with Crippen molar-refractivity contribution in [3.05, 3.63) is 70.8 Å². The molecule has 0 spiro atoms. The maximum Gasteiger partial charge on any atom is 0.224 e. The molecule has 8 N–H and O–H groups in total. The van der Waals surface area contributed by atoms with Gasteiger partial charge in [0.1, 0.15) is 0 Å². The Labute approximate surface area is 332 Å². The van der Waals surface area contributed by atoms with E-state index in [0.29, 0.717) is 87.0 Å². The first-order chi connectivity index (χ1) is 26.9. The van der Waals surface area contributed by atoms with E-state index in [1.807, 2.05) is 76.2 Å². The van der Waals surface area contributed by atoms with Crippen LogP contribution in [0.5, 0.6) is 23.0 Å². The molecule has 1 saturated carbocycles. The fraction of sp³-hybridized carbons (Fsp3) is 0.524. The highest BCUT2D eigenvalue weighted by Crippen LogP contribution is 2.59. The number of hydrogen-bond donors (Lipinski definition) is 6. The fourth-order valence-corrected chi connectivity index (χ4v) is 6.71. The highest BCUT2D eigenvalue weighted by atomic mass is 16.5. The van der Waals surface area contributed by atoms with Gasteiger partial charge in [-0.15, -0.1) is 0 Å². The molecule has 0 radical (unpaired) electrons. The Bertz CT molecular complexity index is 1580. The summed E-state index contributed by atoms with van der Waals surface area (Å²) in [5.41, 5.74) is 16.0. The predicted molar refractivity (Wildman–Crippen MR) is 224 cm³/mol. The molecule has 2 aromatic carbocycles. The molecular weight excluding hydrogens is 713 g/mol. The van der Waals surface area contributed by atoms with E-state index < -0.39 is 11.8 Å². The highest BCUT2D eigenvalue weighted by molar-refractivity contribution is 5.92. The number of aliphatic imine (C=N–C) groups is 2. The predicted octanol–water partition coefficient (Wildman–Crippen LogP) is 4.37. The summed E-state index contributed by atoms with van der Waals surface area (Å²) in [6.45, 7) is 11.2. The second-order valence-electron chi connectivity index (χ2n) is 14.2. The number of nitrogens with zero attached hydrogens (tertiary/aromatic N) is 2. The number of carbonyl (C=O) groups excluding carboxylic acids is 2. The van der Waals surface area contributed by atoms with E-state index in [2.05, 4.69) is 31.3 Å². The first kappa shape index (κ1) is 45.0. The minimum Gasteiger partial charge on any atom is -0.493 e. The number of nitrogens with two attached hydrogens (primary N) is 2. The summed E-state index contributed by atoms with van der Waals surface area (Å²) in [7, 11) is 6.31. The summed E-state index contributed by atoms with van der Waals surface area (Å²) >= 11 is 0. The van der Waals surface area contributed by atoms with Crippen molar-refractivity contribution in [2.45, 2.75) is 65.2 Å². The summed E-state index contributed by atoms with van der Waals surface area (Å²) < 4.78 is 22.4. The Morgan fingerprint density at radius 3 is 1.23 bits per heavy atom. The first-order valence-electron chi connectivity index (χ1n) is 19.3. The second kappa shape index (κ2) is 23.5. The smallest absolute Gasteiger partial charge is 0.224 e. The van der Waals surface area contributed by atoms with Crippen LogP contribution in [0, 0.1) is 11.8 Å². The highest BCUT2D eigenvalue weighted by Gasteiger charge is 2.58. The zero-order chi connectivity index (χ0) is 41.0. The van der Waals surface area contributed by atoms with Crippen molar-refractivity contribution < 1.29 is 28.5 Å². The van der Waals surface area contributed by atoms with E-state index in [1.165, 1.54) is 11.1 Å². The molecule has 1 aliphatic rings. The molecule has 0 saturated heterocycles. The number of rotatable bonds is 22. The SMILES string of the molecule is COc1ccc(C2C(c3ccc(OC)c(OC)c3)[C@H](C(=O)NCCCCNC(N)=NCC=C(C)C)[C@@H]2C(=O)NCCCCNC(N)=NCC=C(C)C)cc1OC. The third kappa shape index (κ3) is 13.4. The van der Waals surface area contributed by atoms with Gasteiger partial charge >= 0.3 is 0 Å². The van der Waals surface area contributed by atoms with Crippen LogP contribution < -0.4 is 51.7 Å². The first-order valence-corrected chi connectivity index (χ1v) is 19.3. The van der Waals surface area contributed by atoms with Crippen molar-refractivity contribution in [2.24, 2.45) is 33.3 Å². The molecule has 0 bridgehead atoms. The van der Waals surface area contributed by atoms with E-state index in [1.54, 1.807) is 28.4 Å². The Morgan fingerprint density at radius 1 is 0.571 bits per heavy atom. The zero-order valence-corrected chi connectivity index (χ0v) is 34.5. The van der Waals surface area contributed by atoms with Crippen LogP contribution in [0.4, 0.5) is 0 Å². The molecule has 0 aromatic heterocycles. The van der Waals surface area contributed by atoms with Crippen LogP contribution in [0.2, 0.25) is 0 Å². The Morgan fingerprint density at radius 2 is 0.911 bits per heavy atom. The lowest BCUT2D eigenvalue weighted by molar-refractivity contribution is -0.144. The molecule has 0 aliphatic heterocycles. The number of methoxy groups -OCH3 is 4. The number of carbonyl (C=O) groups is 2. The van der Waals surface area contributed by atoms with Crippen LogP contribution in [-0.4, -0.2) is 91.4 Å². The number of benzene rings is 2. The Kier molecular flexibility index (Phi) is 18.9. The molecule has 2 unspecified atom stereocenters. The minimum absolute atomic E-state index is 0.190. The van der Waals surface area contributed by atoms with Gasteiger partial charge in [-0.05, 0) is 88.8 Å². The quantitative estimate of drug-likeness (QED) is 0.0433. The molecule has 14 nitrogen and oxygen atoms in total. The summed E-state index contributed by atoms with van der Waals surface area (Å²) in [5.74, 6) is 0.554. The standard InChI is InChI=1S/C42H64N8O6/c1-27(2)17-23-49-41(43)47-21-11-9-19-45-39(51)37-35(29-13-15-31(53-5)33(25-29)55-7)36(30-14-16-32(54-6)34(26-30)56-8)38(37)40(52)46-20-10-12-22-48-42(44)50-24-18-28(3)4/h13-18,25-26,35-38H,9-12,19-24H2,1-8H3,(H,45,51)(H,46,52)(H3,43,47,49)(H3,44,48,50)/t35?,36?,37-,38+. The van der Waals surface area contributed by atoms with Crippen LogP contribution >= 0.6 is 0 Å². The summed E-state index contributed by atoms with van der Waals surface area (Å²) in [5, 5.41) is 12.5. The number of nitrogens with one attached hydrogen (secondary N) is 4. The molecule has 3 rings (SSSR count). The van der Waals surface area contributed by atoms with Crippen molar-refractivity contribution in [3.8, 4) is 23.0 Å². The lowest BCUT2D eigenvalue weighted by Gasteiger charge is -2.51. The van der Waals surface area contributed by atoms with Crippen molar-refractivity contribution >= 4 is 23.7 Å². The van der Waals surface area contributed by atoms with Gasteiger partial charge < -0.3 is 51.7 Å². The molecule has 2 aromatic rings. The fourth-order valence-electron chi connectivity index (χ4n) is 6.71. The Hall–Kier alpha value is -5.40. The number of ether oxygens (including phenoxy) is 4. The summed E-state index contributed by atoms with van der Waals surface area (Å²) in [6, 6.07) is 11.3. The molecule has 1 aliphatic carbocycles. The van der Waals surface area contributed by atoms with Crippen LogP contribution in [0.15, 0.2) is 69.7 Å². The van der Waals surface area contributed by atoms with Gasteiger partial charge in [-0.3, -0.25) is 9.59 Å². The molecule has 14 heteroatoms. The van der Waals surface area contributed by atoms with E-state index in [9.17, 15) is 9.59 Å². The van der Waals surface area contributed by atoms with Gasteiger partial charge in [0.25, 0.3) is 0 Å². The van der Waals surface area contributed by atoms with Crippen LogP contribution in [-0.2, 0) is 9.59 Å². The van der Waals surface area contributed by atoms with Crippen LogP contribution in [0.3, 0.4) is 0 Å². The maximum absolute atomic E-state index is 14.2. The third-order valence-corrected chi connectivity index (χ3v) is 9.68. The normalized spacial score (nSPS) is 17.8. The molecule has 1 fully saturated rings. The molecule has 4 atom stereocenters. The molecule has 0 heterocycles. The van der Waals surface area contributed by atoms with E-state index in [4.69, 9.17) is 30.4 Å². The monoisotopic (exact) mass is 776 g/mol. The van der Waals surface area contributed by atoms with E-state index in [0.717, 1.165) is 24.0 Å². The van der Waals surface area contributed by atoms with Crippen molar-refractivity contribution in [2.75, 3.05) is 67.7 Å². The number of unbranched alkanes of at least 4 members (excludes halogenated alkanes) is 2. The van der Waals surface area contributed by atoms with E-state index in [-0.39, 0.29) is 23.7 Å². The van der Waals surface area contributed by atoms with Crippen molar-refractivity contribution in [1.82, 2.24) is 21.3 Å². The number of allylic oxidation sites excluding steroid dienone is 2. The number of amides is 2. The molecule has 56 heavy (non-hydrogen) atoms. The van der Waals surface area contributed by atoms with Gasteiger partial charge in [-0.2, -0.15) is 0 Å². The maximum atomic E-state index is 14.2. The van der Waals surface area contributed by atoms with Gasteiger partial charge in [-0.25, -0.2) is 9.98 Å². The van der Waals surface area contributed by atoms with Crippen LogP contribution in [0.1, 0.15) is 76.3 Å². The van der Waals surface area contributed by atoms with Gasteiger partial charge in [0.15, 0.2) is 34.9 Å². The second-order valence-corrected chi connectivity index (χ2v) is 14.2. The summed E-state index contributed by atoms with van der Waals surface area (Å²) in [6.07, 6.45) is 6.96. The van der Waals surface area contributed by atoms with Crippen LogP contribution in [0.25, 0.3) is 0 Å². The van der Waals surface area contributed by atoms with E-state index >= 15 is 0 Å². The Balaban J connectivity index is 1.82. The molecular formula is C42H64N8O6. The van der Waals surface area contributed by atoms with Gasteiger partial charge in [-0.1, -0.05) is 35.4 Å². The average molecular weight is 777 g/mol. The topological polar surface area (TPSA) is 196 Å².